The molecular formula is C9H4BrF2N3. The Balaban J connectivity index is 3.43. The molecule has 0 saturated carbocycles. The number of hydrogen-bond acceptors (Lipinski definition) is 3. The van der Waals surface area contributed by atoms with Crippen LogP contribution in [0.15, 0.2) is 10.7 Å². The summed E-state index contributed by atoms with van der Waals surface area (Å²) in [5.74, 6) is 0. The van der Waals surface area contributed by atoms with E-state index in [0.717, 1.165) is 6.07 Å². The summed E-state index contributed by atoms with van der Waals surface area (Å²) in [6.45, 7) is 0. The Bertz CT molecular complexity index is 460. The molecule has 76 valence electrons. The lowest BCUT2D eigenvalue weighted by Gasteiger charge is -2.07. The zero-order valence-corrected chi connectivity index (χ0v) is 8.92. The van der Waals surface area contributed by atoms with Crippen LogP contribution in [-0.2, 0) is 6.42 Å². The zero-order valence-electron chi connectivity index (χ0n) is 7.34. The van der Waals surface area contributed by atoms with E-state index in [-0.39, 0.29) is 27.8 Å². The van der Waals surface area contributed by atoms with Crippen LogP contribution in [0.1, 0.15) is 23.2 Å². The summed E-state index contributed by atoms with van der Waals surface area (Å²) in [7, 11) is 0. The number of nitriles is 2. The van der Waals surface area contributed by atoms with Crippen molar-refractivity contribution in [3.05, 3.63) is 27.5 Å². The van der Waals surface area contributed by atoms with Gasteiger partial charge < -0.3 is 0 Å². The summed E-state index contributed by atoms with van der Waals surface area (Å²) in [6.07, 6.45) is -2.97. The van der Waals surface area contributed by atoms with Gasteiger partial charge in [0.2, 0.25) is 0 Å². The van der Waals surface area contributed by atoms with Crippen molar-refractivity contribution in [2.75, 3.05) is 0 Å². The van der Waals surface area contributed by atoms with Gasteiger partial charge in [0, 0.05) is 11.1 Å². The molecule has 1 rings (SSSR count). The molecule has 0 bridgehead atoms. The molecule has 6 heteroatoms. The van der Waals surface area contributed by atoms with E-state index in [4.69, 9.17) is 10.5 Å². The van der Waals surface area contributed by atoms with Crippen molar-refractivity contribution >= 4 is 15.9 Å². The van der Waals surface area contributed by atoms with Gasteiger partial charge in [-0.3, -0.25) is 0 Å². The molecule has 1 heterocycles. The average Bonchev–Trinajstić information content (AvgIpc) is 2.19. The average molecular weight is 272 g/mol. The van der Waals surface area contributed by atoms with E-state index in [1.165, 1.54) is 0 Å². The minimum absolute atomic E-state index is 0.00167. The van der Waals surface area contributed by atoms with Crippen molar-refractivity contribution in [3.63, 3.8) is 0 Å². The van der Waals surface area contributed by atoms with Gasteiger partial charge in [-0.2, -0.15) is 10.5 Å². The Hall–Kier alpha value is -1.53. The molecule has 15 heavy (non-hydrogen) atoms. The van der Waals surface area contributed by atoms with Crippen molar-refractivity contribution in [3.8, 4) is 12.1 Å². The summed E-state index contributed by atoms with van der Waals surface area (Å²) in [4.78, 5) is 3.72. The Kier molecular flexibility index (Phi) is 3.70. The van der Waals surface area contributed by atoms with Gasteiger partial charge in [-0.25, -0.2) is 13.8 Å². The number of aromatic nitrogens is 1. The van der Waals surface area contributed by atoms with Crippen molar-refractivity contribution in [2.24, 2.45) is 0 Å². The Morgan fingerprint density at radius 2 is 2.13 bits per heavy atom. The van der Waals surface area contributed by atoms with Gasteiger partial charge in [0.1, 0.15) is 16.4 Å². The maximum absolute atomic E-state index is 12.6. The van der Waals surface area contributed by atoms with Crippen LogP contribution in [0.5, 0.6) is 0 Å². The van der Waals surface area contributed by atoms with Gasteiger partial charge >= 0.3 is 0 Å². The van der Waals surface area contributed by atoms with Crippen molar-refractivity contribution in [2.45, 2.75) is 12.8 Å². The second kappa shape index (κ2) is 4.81. The molecule has 0 aliphatic heterocycles. The summed E-state index contributed by atoms with van der Waals surface area (Å²) < 4.78 is 25.3. The van der Waals surface area contributed by atoms with E-state index in [2.05, 4.69) is 20.9 Å². The van der Waals surface area contributed by atoms with Crippen LogP contribution in [0.25, 0.3) is 0 Å². The monoisotopic (exact) mass is 271 g/mol. The lowest BCUT2D eigenvalue weighted by atomic mass is 10.0. The van der Waals surface area contributed by atoms with Gasteiger partial charge in [-0.15, -0.1) is 0 Å². The SMILES string of the molecule is N#CCc1c(C(F)F)cc(Br)nc1C#N. The lowest BCUT2D eigenvalue weighted by Crippen LogP contribution is -2.01. The van der Waals surface area contributed by atoms with Gasteiger partial charge in [0.25, 0.3) is 6.43 Å². The molecule has 0 saturated heterocycles. The highest BCUT2D eigenvalue weighted by Gasteiger charge is 2.18. The predicted octanol–water partition coefficient (Wildman–Crippen LogP) is 2.72. The molecule has 3 nitrogen and oxygen atoms in total. The lowest BCUT2D eigenvalue weighted by molar-refractivity contribution is 0.150. The first-order chi connectivity index (χ1) is 7.10. The summed E-state index contributed by atoms with van der Waals surface area (Å²) in [6, 6.07) is 4.55. The fourth-order valence-corrected chi connectivity index (χ4v) is 1.53. The molecule has 1 aromatic rings. The first kappa shape index (κ1) is 11.5. The van der Waals surface area contributed by atoms with Gasteiger partial charge in [0.15, 0.2) is 0 Å². The van der Waals surface area contributed by atoms with Crippen LogP contribution >= 0.6 is 15.9 Å². The van der Waals surface area contributed by atoms with Crippen LogP contribution in [0, 0.1) is 22.7 Å². The van der Waals surface area contributed by atoms with E-state index in [1.807, 2.05) is 0 Å². The second-order valence-electron chi connectivity index (χ2n) is 2.61. The molecule has 0 aromatic carbocycles. The Labute approximate surface area is 93.1 Å². The number of alkyl halides is 2. The number of pyridine rings is 1. The van der Waals surface area contributed by atoms with Crippen LogP contribution in [0.4, 0.5) is 8.78 Å². The highest BCUT2D eigenvalue weighted by molar-refractivity contribution is 9.10. The van der Waals surface area contributed by atoms with Gasteiger partial charge in [-0.1, -0.05) is 0 Å². The predicted molar refractivity (Wildman–Crippen MR) is 50.9 cm³/mol. The van der Waals surface area contributed by atoms with Gasteiger partial charge in [0.05, 0.1) is 12.5 Å². The second-order valence-corrected chi connectivity index (χ2v) is 3.42. The largest absolute Gasteiger partial charge is 0.264 e. The van der Waals surface area contributed by atoms with E-state index in [9.17, 15) is 8.78 Å². The first-order valence-corrected chi connectivity index (χ1v) is 4.64. The first-order valence-electron chi connectivity index (χ1n) is 3.84. The van der Waals surface area contributed by atoms with E-state index >= 15 is 0 Å². The number of rotatable bonds is 2. The summed E-state index contributed by atoms with van der Waals surface area (Å²) in [5, 5.41) is 17.2. The van der Waals surface area contributed by atoms with Crippen molar-refractivity contribution < 1.29 is 8.78 Å². The van der Waals surface area contributed by atoms with Gasteiger partial charge in [-0.05, 0) is 22.0 Å². The summed E-state index contributed by atoms with van der Waals surface area (Å²) in [5.41, 5.74) is -0.464. The van der Waals surface area contributed by atoms with E-state index in [1.54, 1.807) is 12.1 Å². The van der Waals surface area contributed by atoms with Crippen LogP contribution in [0.3, 0.4) is 0 Å². The Morgan fingerprint density at radius 3 is 2.60 bits per heavy atom. The molecular weight excluding hydrogens is 268 g/mol. The maximum Gasteiger partial charge on any atom is 0.264 e. The third-order valence-corrected chi connectivity index (χ3v) is 2.13. The van der Waals surface area contributed by atoms with E-state index in [0.29, 0.717) is 0 Å². The van der Waals surface area contributed by atoms with E-state index < -0.39 is 6.43 Å². The number of hydrogen-bond donors (Lipinski definition) is 0. The molecule has 0 unspecified atom stereocenters. The minimum Gasteiger partial charge on any atom is -0.230 e. The molecule has 1 aromatic heterocycles. The summed E-state index contributed by atoms with van der Waals surface area (Å²) >= 11 is 2.93. The molecule has 0 atom stereocenters. The fraction of sp³-hybridized carbons (Fsp3) is 0.222. The van der Waals surface area contributed by atoms with Crippen molar-refractivity contribution in [1.29, 1.82) is 10.5 Å². The quantitative estimate of drug-likeness (QED) is 0.777. The number of halogens is 3. The van der Waals surface area contributed by atoms with Crippen molar-refractivity contribution in [1.82, 2.24) is 4.98 Å². The topological polar surface area (TPSA) is 60.5 Å². The highest BCUT2D eigenvalue weighted by Crippen LogP contribution is 2.27. The number of nitrogens with zero attached hydrogens (tertiary/aromatic N) is 3. The third-order valence-electron chi connectivity index (χ3n) is 1.72. The van der Waals surface area contributed by atoms with Crippen LogP contribution in [0.2, 0.25) is 0 Å². The normalized spacial score (nSPS) is 9.73. The molecule has 0 aliphatic carbocycles. The molecule has 0 aliphatic rings. The fourth-order valence-electron chi connectivity index (χ4n) is 1.11. The Morgan fingerprint density at radius 1 is 1.47 bits per heavy atom. The molecule has 0 radical (unpaired) electrons. The zero-order chi connectivity index (χ0) is 11.4. The smallest absolute Gasteiger partial charge is 0.230 e. The standard InChI is InChI=1S/C9H4BrF2N3/c10-8-3-6(9(11)12)5(1-2-13)7(4-14)15-8/h3,9H,1H2. The molecule has 0 spiro atoms. The molecule has 0 N–H and O–H groups in total. The van der Waals surface area contributed by atoms with Crippen LogP contribution in [-0.4, -0.2) is 4.98 Å². The highest BCUT2D eigenvalue weighted by atomic mass is 79.9. The minimum atomic E-state index is -2.72. The molecule has 0 fully saturated rings. The maximum atomic E-state index is 12.6. The third kappa shape index (κ3) is 2.48. The van der Waals surface area contributed by atoms with Crippen LogP contribution < -0.4 is 0 Å². The molecule has 0 amide bonds.